The van der Waals surface area contributed by atoms with E-state index in [-0.39, 0.29) is 0 Å². The minimum atomic E-state index is -1.18. The largest absolute Gasteiger partial charge is 0.244 e. The van der Waals surface area contributed by atoms with Crippen LogP contribution in [0.3, 0.4) is 0 Å². The van der Waals surface area contributed by atoms with E-state index in [0.29, 0.717) is 24.7 Å². The molecular formula is C27H46F2. The van der Waals surface area contributed by atoms with Crippen LogP contribution in [0, 0.1) is 41.4 Å². The van der Waals surface area contributed by atoms with E-state index in [4.69, 9.17) is 0 Å². The molecule has 3 atom stereocenters. The molecule has 0 aromatic heterocycles. The summed E-state index contributed by atoms with van der Waals surface area (Å²) in [4.78, 5) is 0. The van der Waals surface area contributed by atoms with Gasteiger partial charge in [0.15, 0.2) is 0 Å². The van der Waals surface area contributed by atoms with Crippen molar-refractivity contribution in [3.8, 4) is 0 Å². The summed E-state index contributed by atoms with van der Waals surface area (Å²) in [5, 5.41) is 0. The zero-order chi connectivity index (χ0) is 20.2. The maximum Gasteiger partial charge on any atom is 0.131 e. The first kappa shape index (κ1) is 22.1. The van der Waals surface area contributed by atoms with Gasteiger partial charge < -0.3 is 0 Å². The highest BCUT2D eigenvalue weighted by Crippen LogP contribution is 2.45. The lowest BCUT2D eigenvalue weighted by atomic mass is 9.67. The van der Waals surface area contributed by atoms with Gasteiger partial charge in [-0.1, -0.05) is 58.3 Å². The minimum absolute atomic E-state index is 0.467. The fourth-order valence-corrected chi connectivity index (χ4v) is 7.66. The van der Waals surface area contributed by atoms with E-state index in [1.165, 1.54) is 89.9 Å². The molecule has 4 fully saturated rings. The van der Waals surface area contributed by atoms with Crippen molar-refractivity contribution >= 4 is 0 Å². The Bertz CT molecular complexity index is 467. The van der Waals surface area contributed by atoms with Gasteiger partial charge in [0.25, 0.3) is 0 Å². The number of hydrogen-bond acceptors (Lipinski definition) is 0. The predicted octanol–water partition coefficient (Wildman–Crippen LogP) is 8.68. The van der Waals surface area contributed by atoms with Crippen LogP contribution in [0.5, 0.6) is 0 Å². The number of hydrogen-bond donors (Lipinski definition) is 0. The first-order valence-corrected chi connectivity index (χ1v) is 13.4. The van der Waals surface area contributed by atoms with Gasteiger partial charge in [-0.2, -0.15) is 0 Å². The first-order valence-electron chi connectivity index (χ1n) is 13.4. The van der Waals surface area contributed by atoms with E-state index in [1.54, 1.807) is 0 Å². The van der Waals surface area contributed by atoms with E-state index >= 15 is 0 Å². The van der Waals surface area contributed by atoms with E-state index in [0.717, 1.165) is 36.0 Å². The Hall–Kier alpha value is -0.140. The van der Waals surface area contributed by atoms with E-state index in [1.807, 2.05) is 0 Å². The third-order valence-corrected chi connectivity index (χ3v) is 9.89. The zero-order valence-electron chi connectivity index (χ0n) is 19.0. The van der Waals surface area contributed by atoms with Gasteiger partial charge in [-0.05, 0) is 99.2 Å². The Balaban J connectivity index is 1.10. The molecule has 0 nitrogen and oxygen atoms in total. The molecule has 0 bridgehead atoms. The van der Waals surface area contributed by atoms with E-state index in [9.17, 15) is 8.78 Å². The molecule has 29 heavy (non-hydrogen) atoms. The van der Waals surface area contributed by atoms with E-state index < -0.39 is 12.3 Å². The highest BCUT2D eigenvalue weighted by Gasteiger charge is 2.36. The quantitative estimate of drug-likeness (QED) is 0.427. The molecule has 4 saturated carbocycles. The summed E-state index contributed by atoms with van der Waals surface area (Å²) in [6, 6.07) is 0. The van der Waals surface area contributed by atoms with Crippen molar-refractivity contribution in [3.63, 3.8) is 0 Å². The maximum atomic E-state index is 13.8. The molecular weight excluding hydrogens is 362 g/mol. The summed E-state index contributed by atoms with van der Waals surface area (Å²) in [5.74, 6) is 6.16. The van der Waals surface area contributed by atoms with Crippen LogP contribution in [-0.4, -0.2) is 12.3 Å². The molecule has 4 aliphatic carbocycles. The normalized spacial score (nSPS) is 47.1. The van der Waals surface area contributed by atoms with Crippen molar-refractivity contribution < 1.29 is 8.78 Å². The summed E-state index contributed by atoms with van der Waals surface area (Å²) in [7, 11) is 0. The van der Waals surface area contributed by atoms with Gasteiger partial charge in [-0.15, -0.1) is 0 Å². The Morgan fingerprint density at radius 2 is 0.897 bits per heavy atom. The molecule has 0 spiro atoms. The highest BCUT2D eigenvalue weighted by molar-refractivity contribution is 4.87. The second-order valence-corrected chi connectivity index (χ2v) is 11.8. The van der Waals surface area contributed by atoms with Crippen LogP contribution in [0.25, 0.3) is 0 Å². The lowest BCUT2D eigenvalue weighted by Crippen LogP contribution is -2.32. The Morgan fingerprint density at radius 1 is 0.483 bits per heavy atom. The molecule has 4 aliphatic rings. The van der Waals surface area contributed by atoms with Crippen LogP contribution in [0.1, 0.15) is 116 Å². The third kappa shape index (κ3) is 5.97. The smallest absolute Gasteiger partial charge is 0.131 e. The van der Waals surface area contributed by atoms with Crippen LogP contribution < -0.4 is 0 Å². The predicted molar refractivity (Wildman–Crippen MR) is 118 cm³/mol. The van der Waals surface area contributed by atoms with Crippen molar-refractivity contribution in [2.24, 2.45) is 41.4 Å². The van der Waals surface area contributed by atoms with Crippen molar-refractivity contribution in [3.05, 3.63) is 0 Å². The van der Waals surface area contributed by atoms with Crippen LogP contribution >= 0.6 is 0 Å². The minimum Gasteiger partial charge on any atom is -0.244 e. The molecule has 4 rings (SSSR count). The topological polar surface area (TPSA) is 0 Å². The van der Waals surface area contributed by atoms with Gasteiger partial charge >= 0.3 is 0 Å². The lowest BCUT2D eigenvalue weighted by Gasteiger charge is -2.39. The van der Waals surface area contributed by atoms with Crippen molar-refractivity contribution in [2.45, 2.75) is 128 Å². The van der Waals surface area contributed by atoms with Crippen molar-refractivity contribution in [1.82, 2.24) is 0 Å². The lowest BCUT2D eigenvalue weighted by molar-refractivity contribution is 0.0538. The van der Waals surface area contributed by atoms with Crippen LogP contribution in [0.2, 0.25) is 0 Å². The van der Waals surface area contributed by atoms with E-state index in [2.05, 4.69) is 6.92 Å². The molecule has 0 aromatic carbocycles. The van der Waals surface area contributed by atoms with Crippen molar-refractivity contribution in [2.75, 3.05) is 0 Å². The summed E-state index contributed by atoms with van der Waals surface area (Å²) in [5.41, 5.74) is 0. The fourth-order valence-electron chi connectivity index (χ4n) is 7.66. The second kappa shape index (κ2) is 10.4. The second-order valence-electron chi connectivity index (χ2n) is 11.8. The molecule has 168 valence electrons. The Morgan fingerprint density at radius 3 is 1.38 bits per heavy atom. The molecule has 2 heteroatoms. The average molecular weight is 409 g/mol. The summed E-state index contributed by atoms with van der Waals surface area (Å²) in [6.07, 6.45) is 19.7. The molecule has 0 heterocycles. The molecule has 0 saturated heterocycles. The van der Waals surface area contributed by atoms with Crippen LogP contribution in [0.4, 0.5) is 8.78 Å². The molecule has 0 N–H and O–H groups in total. The number of rotatable bonds is 5. The van der Waals surface area contributed by atoms with Crippen LogP contribution in [-0.2, 0) is 0 Å². The van der Waals surface area contributed by atoms with Gasteiger partial charge in [-0.3, -0.25) is 0 Å². The monoisotopic (exact) mass is 408 g/mol. The SMILES string of the molecule is CC1CCC(C2CCC(CCC3CCC(C4CCC(F)C(F)C4)CC3)CC2)CC1. The Labute approximate surface area is 179 Å². The molecule has 3 unspecified atom stereocenters. The van der Waals surface area contributed by atoms with Crippen molar-refractivity contribution in [1.29, 1.82) is 0 Å². The number of halogens is 2. The average Bonchev–Trinajstić information content (AvgIpc) is 2.76. The van der Waals surface area contributed by atoms with Gasteiger partial charge in [0, 0.05) is 0 Å². The number of alkyl halides is 2. The fraction of sp³-hybridized carbons (Fsp3) is 1.00. The molecule has 0 aromatic rings. The molecule has 0 amide bonds. The maximum absolute atomic E-state index is 13.8. The highest BCUT2D eigenvalue weighted by atomic mass is 19.2. The molecule has 0 aliphatic heterocycles. The standard InChI is InChI=1S/C27H46F2/c1-19-2-10-22(11-3-19)23-12-6-20(7-13-23)4-5-21-8-14-24(15-9-21)25-16-17-26(28)27(29)18-25/h19-27H,2-18H2,1H3. The summed E-state index contributed by atoms with van der Waals surface area (Å²) >= 11 is 0. The van der Waals surface area contributed by atoms with Gasteiger partial charge in [0.05, 0.1) is 0 Å². The Kier molecular flexibility index (Phi) is 7.95. The zero-order valence-corrected chi connectivity index (χ0v) is 19.0. The van der Waals surface area contributed by atoms with Gasteiger partial charge in [-0.25, -0.2) is 8.78 Å². The summed E-state index contributed by atoms with van der Waals surface area (Å²) in [6.45, 7) is 2.44. The van der Waals surface area contributed by atoms with Crippen LogP contribution in [0.15, 0.2) is 0 Å². The molecule has 0 radical (unpaired) electrons. The summed E-state index contributed by atoms with van der Waals surface area (Å²) < 4.78 is 27.2. The van der Waals surface area contributed by atoms with Gasteiger partial charge in [0.2, 0.25) is 0 Å². The van der Waals surface area contributed by atoms with Gasteiger partial charge in [0.1, 0.15) is 12.3 Å². The third-order valence-electron chi connectivity index (χ3n) is 9.89. The first-order chi connectivity index (χ1) is 14.1.